The van der Waals surface area contributed by atoms with Crippen LogP contribution in [0.2, 0.25) is 0 Å². The van der Waals surface area contributed by atoms with E-state index >= 15 is 0 Å². The molecular formula is C21H33N3O2. The van der Waals surface area contributed by atoms with Crippen molar-refractivity contribution in [1.82, 2.24) is 10.2 Å². The summed E-state index contributed by atoms with van der Waals surface area (Å²) in [6.07, 6.45) is 6.18. The molecule has 0 saturated carbocycles. The normalized spacial score (nSPS) is 13.8. The molecule has 3 N–H and O–H groups in total. The van der Waals surface area contributed by atoms with Crippen LogP contribution in [0.4, 0.5) is 0 Å². The van der Waals surface area contributed by atoms with Crippen LogP contribution in [0, 0.1) is 0 Å². The lowest BCUT2D eigenvalue weighted by Gasteiger charge is -2.30. The lowest BCUT2D eigenvalue weighted by molar-refractivity contribution is -0.119. The van der Waals surface area contributed by atoms with E-state index in [9.17, 15) is 9.59 Å². The van der Waals surface area contributed by atoms with Gasteiger partial charge in [0.05, 0.1) is 0 Å². The molecule has 0 unspecified atom stereocenters. The minimum Gasteiger partial charge on any atom is -0.352 e. The molecule has 5 nitrogen and oxygen atoms in total. The summed E-state index contributed by atoms with van der Waals surface area (Å²) in [5.41, 5.74) is 9.27. The fourth-order valence-corrected chi connectivity index (χ4v) is 3.92. The standard InChI is InChI=1S/C21H33N3O2/c1-4-9-21(22,10-5-2)11-6-12-24-15-18-8-7-17(14-23-16(3)25)13-19(18)20(24)26/h7-8,13H,4-6,9-12,14-15,22H2,1-3H3,(H,23,25). The number of nitrogens with zero attached hydrogens (tertiary/aromatic N) is 1. The highest BCUT2D eigenvalue weighted by molar-refractivity contribution is 5.98. The second-order valence-electron chi connectivity index (χ2n) is 7.59. The first-order valence-electron chi connectivity index (χ1n) is 9.83. The summed E-state index contributed by atoms with van der Waals surface area (Å²) in [7, 11) is 0. The summed E-state index contributed by atoms with van der Waals surface area (Å²) >= 11 is 0. The Hall–Kier alpha value is -1.88. The number of nitrogens with two attached hydrogens (primary N) is 1. The minimum absolute atomic E-state index is 0.0668. The third kappa shape index (κ3) is 5.31. The predicted octanol–water partition coefficient (Wildman–Crippen LogP) is 3.36. The Bertz CT molecular complexity index is 636. The Morgan fingerprint density at radius 1 is 1.23 bits per heavy atom. The summed E-state index contributed by atoms with van der Waals surface area (Å²) < 4.78 is 0. The van der Waals surface area contributed by atoms with Crippen LogP contribution in [0.15, 0.2) is 18.2 Å². The number of nitrogens with one attached hydrogen (secondary N) is 1. The number of fused-ring (bicyclic) bond motifs is 1. The van der Waals surface area contributed by atoms with Crippen LogP contribution in [-0.2, 0) is 17.9 Å². The van der Waals surface area contributed by atoms with E-state index < -0.39 is 0 Å². The molecule has 0 bridgehead atoms. The van der Waals surface area contributed by atoms with Crippen molar-refractivity contribution in [2.75, 3.05) is 6.54 Å². The molecule has 2 rings (SSSR count). The van der Waals surface area contributed by atoms with Gasteiger partial charge in [-0.05, 0) is 42.9 Å². The molecule has 1 aliphatic rings. The molecule has 0 aliphatic carbocycles. The minimum atomic E-state index is -0.0926. The maximum absolute atomic E-state index is 12.7. The van der Waals surface area contributed by atoms with Crippen LogP contribution in [0.5, 0.6) is 0 Å². The van der Waals surface area contributed by atoms with Crippen LogP contribution in [0.1, 0.15) is 80.8 Å². The monoisotopic (exact) mass is 359 g/mol. The van der Waals surface area contributed by atoms with Crippen molar-refractivity contribution in [3.8, 4) is 0 Å². The van der Waals surface area contributed by atoms with Gasteiger partial charge in [0, 0.05) is 37.7 Å². The molecule has 144 valence electrons. The van der Waals surface area contributed by atoms with Gasteiger partial charge in [-0.3, -0.25) is 9.59 Å². The molecule has 0 spiro atoms. The van der Waals surface area contributed by atoms with Crippen molar-refractivity contribution in [3.63, 3.8) is 0 Å². The van der Waals surface area contributed by atoms with Gasteiger partial charge in [0.25, 0.3) is 5.91 Å². The second-order valence-corrected chi connectivity index (χ2v) is 7.59. The fourth-order valence-electron chi connectivity index (χ4n) is 3.92. The highest BCUT2D eigenvalue weighted by atomic mass is 16.2. The van der Waals surface area contributed by atoms with Gasteiger partial charge in [-0.15, -0.1) is 0 Å². The Labute approximate surface area is 157 Å². The van der Waals surface area contributed by atoms with Crippen LogP contribution in [0.3, 0.4) is 0 Å². The highest BCUT2D eigenvalue weighted by Gasteiger charge is 2.28. The van der Waals surface area contributed by atoms with Gasteiger partial charge < -0.3 is 16.0 Å². The van der Waals surface area contributed by atoms with Gasteiger partial charge in [-0.1, -0.05) is 38.8 Å². The maximum atomic E-state index is 12.7. The topological polar surface area (TPSA) is 75.4 Å². The molecule has 0 aromatic heterocycles. The third-order valence-corrected chi connectivity index (χ3v) is 5.19. The zero-order valence-corrected chi connectivity index (χ0v) is 16.4. The highest BCUT2D eigenvalue weighted by Crippen LogP contribution is 2.26. The van der Waals surface area contributed by atoms with Crippen LogP contribution >= 0.6 is 0 Å². The number of hydrogen-bond donors (Lipinski definition) is 2. The van der Waals surface area contributed by atoms with E-state index in [1.807, 2.05) is 23.1 Å². The molecule has 2 amide bonds. The van der Waals surface area contributed by atoms with E-state index in [-0.39, 0.29) is 17.4 Å². The van der Waals surface area contributed by atoms with Crippen LogP contribution in [-0.4, -0.2) is 28.8 Å². The molecule has 0 radical (unpaired) electrons. The number of carbonyl (C=O) groups is 2. The van der Waals surface area contributed by atoms with Crippen molar-refractivity contribution >= 4 is 11.8 Å². The number of rotatable bonds is 10. The van der Waals surface area contributed by atoms with Crippen LogP contribution in [0.25, 0.3) is 0 Å². The predicted molar refractivity (Wildman–Crippen MR) is 105 cm³/mol. The number of carbonyl (C=O) groups excluding carboxylic acids is 2. The molecular weight excluding hydrogens is 326 g/mol. The molecule has 0 fully saturated rings. The molecule has 0 saturated heterocycles. The Morgan fingerprint density at radius 2 is 1.92 bits per heavy atom. The summed E-state index contributed by atoms with van der Waals surface area (Å²) in [6, 6.07) is 5.90. The zero-order chi connectivity index (χ0) is 19.2. The van der Waals surface area contributed by atoms with Gasteiger partial charge in [0.2, 0.25) is 5.91 Å². The molecule has 1 aromatic rings. The summed E-state index contributed by atoms with van der Waals surface area (Å²) in [4.78, 5) is 25.7. The number of benzene rings is 1. The quantitative estimate of drug-likeness (QED) is 0.672. The maximum Gasteiger partial charge on any atom is 0.254 e. The Balaban J connectivity index is 1.92. The third-order valence-electron chi connectivity index (χ3n) is 5.19. The van der Waals surface area contributed by atoms with Gasteiger partial charge in [0.15, 0.2) is 0 Å². The number of amides is 2. The van der Waals surface area contributed by atoms with E-state index in [0.29, 0.717) is 13.1 Å². The fraction of sp³-hybridized carbons (Fsp3) is 0.619. The summed E-state index contributed by atoms with van der Waals surface area (Å²) in [5, 5.41) is 2.78. The Morgan fingerprint density at radius 3 is 2.54 bits per heavy atom. The molecule has 0 atom stereocenters. The number of hydrogen-bond acceptors (Lipinski definition) is 3. The first kappa shape index (κ1) is 20.4. The average Bonchev–Trinajstić information content (AvgIpc) is 2.89. The van der Waals surface area contributed by atoms with Crippen molar-refractivity contribution in [2.45, 2.75) is 77.9 Å². The van der Waals surface area contributed by atoms with Crippen molar-refractivity contribution in [1.29, 1.82) is 0 Å². The summed E-state index contributed by atoms with van der Waals surface area (Å²) in [6.45, 7) is 7.73. The Kier molecular flexibility index (Phi) is 7.21. The van der Waals surface area contributed by atoms with Gasteiger partial charge in [0.1, 0.15) is 0 Å². The zero-order valence-electron chi connectivity index (χ0n) is 16.4. The van der Waals surface area contributed by atoms with E-state index in [1.54, 1.807) is 0 Å². The second kappa shape index (κ2) is 9.17. The van der Waals surface area contributed by atoms with E-state index in [0.717, 1.165) is 61.8 Å². The molecule has 1 heterocycles. The first-order valence-corrected chi connectivity index (χ1v) is 9.83. The lowest BCUT2D eigenvalue weighted by Crippen LogP contribution is -2.40. The van der Waals surface area contributed by atoms with Crippen molar-refractivity contribution in [3.05, 3.63) is 34.9 Å². The van der Waals surface area contributed by atoms with Gasteiger partial charge >= 0.3 is 0 Å². The van der Waals surface area contributed by atoms with Crippen molar-refractivity contribution < 1.29 is 9.59 Å². The first-order chi connectivity index (χ1) is 12.4. The largest absolute Gasteiger partial charge is 0.352 e. The van der Waals surface area contributed by atoms with E-state index in [1.165, 1.54) is 6.92 Å². The molecule has 1 aliphatic heterocycles. The molecule has 5 heteroatoms. The lowest BCUT2D eigenvalue weighted by atomic mass is 9.85. The van der Waals surface area contributed by atoms with Gasteiger partial charge in [-0.25, -0.2) is 0 Å². The molecule has 26 heavy (non-hydrogen) atoms. The van der Waals surface area contributed by atoms with Crippen LogP contribution < -0.4 is 11.1 Å². The SMILES string of the molecule is CCCC(N)(CCC)CCCN1Cc2ccc(CNC(C)=O)cc2C1=O. The average molecular weight is 360 g/mol. The smallest absolute Gasteiger partial charge is 0.254 e. The van der Waals surface area contributed by atoms with E-state index in [4.69, 9.17) is 5.73 Å². The summed E-state index contributed by atoms with van der Waals surface area (Å²) in [5.74, 6) is 0.0288. The van der Waals surface area contributed by atoms with Gasteiger partial charge in [-0.2, -0.15) is 0 Å². The van der Waals surface area contributed by atoms with Crippen molar-refractivity contribution in [2.24, 2.45) is 5.73 Å². The molecule has 1 aromatic carbocycles. The van der Waals surface area contributed by atoms with E-state index in [2.05, 4.69) is 19.2 Å².